The van der Waals surface area contributed by atoms with E-state index in [2.05, 4.69) is 23.6 Å². The lowest BCUT2D eigenvalue weighted by Crippen LogP contribution is -2.57. The summed E-state index contributed by atoms with van der Waals surface area (Å²) in [7, 11) is 0. The first-order valence-electron chi connectivity index (χ1n) is 10.4. The van der Waals surface area contributed by atoms with E-state index in [1.54, 1.807) is 0 Å². The number of ether oxygens (including phenoxy) is 2. The topological polar surface area (TPSA) is 24.9 Å². The second-order valence-electron chi connectivity index (χ2n) is 8.25. The standard InChI is InChI=1S/C20H38N2O2/c1-17-15-21(11-9-19-7-3-5-13-23-19)16-18(2)22(17)12-10-20-8-4-6-14-24-20/h17-20H,3-16H2,1-2H3. The van der Waals surface area contributed by atoms with Crippen LogP contribution < -0.4 is 0 Å². The van der Waals surface area contributed by atoms with Crippen molar-refractivity contribution in [2.45, 2.75) is 89.5 Å². The van der Waals surface area contributed by atoms with Gasteiger partial charge in [-0.25, -0.2) is 0 Å². The maximum Gasteiger partial charge on any atom is 0.0587 e. The van der Waals surface area contributed by atoms with Crippen molar-refractivity contribution in [2.75, 3.05) is 39.4 Å². The highest BCUT2D eigenvalue weighted by Gasteiger charge is 2.30. The molecule has 3 fully saturated rings. The highest BCUT2D eigenvalue weighted by Crippen LogP contribution is 2.22. The fourth-order valence-corrected chi connectivity index (χ4v) is 4.78. The average Bonchev–Trinajstić information content (AvgIpc) is 2.61. The Kier molecular flexibility index (Phi) is 7.38. The van der Waals surface area contributed by atoms with Crippen LogP contribution in [-0.2, 0) is 9.47 Å². The van der Waals surface area contributed by atoms with E-state index in [1.165, 1.54) is 77.5 Å². The molecule has 0 spiro atoms. The third-order valence-corrected chi connectivity index (χ3v) is 6.20. The zero-order chi connectivity index (χ0) is 16.8. The van der Waals surface area contributed by atoms with E-state index in [0.717, 1.165) is 13.2 Å². The Bertz CT molecular complexity index is 342. The van der Waals surface area contributed by atoms with Crippen LogP contribution in [0.4, 0.5) is 0 Å². The number of piperazine rings is 1. The first kappa shape index (κ1) is 18.6. The number of hydrogen-bond acceptors (Lipinski definition) is 4. The number of rotatable bonds is 6. The van der Waals surface area contributed by atoms with Crippen LogP contribution in [0.2, 0.25) is 0 Å². The fourth-order valence-electron chi connectivity index (χ4n) is 4.78. The number of nitrogens with zero attached hydrogens (tertiary/aromatic N) is 2. The van der Waals surface area contributed by atoms with Crippen molar-refractivity contribution in [1.82, 2.24) is 9.80 Å². The minimum atomic E-state index is 0.514. The van der Waals surface area contributed by atoms with Gasteiger partial charge in [0.2, 0.25) is 0 Å². The molecule has 0 aliphatic carbocycles. The summed E-state index contributed by atoms with van der Waals surface area (Å²) in [6, 6.07) is 1.31. The Morgan fingerprint density at radius 1 is 0.750 bits per heavy atom. The molecule has 0 saturated carbocycles. The summed E-state index contributed by atoms with van der Waals surface area (Å²) in [4.78, 5) is 5.38. The molecule has 4 heteroatoms. The van der Waals surface area contributed by atoms with Crippen LogP contribution in [0.1, 0.15) is 65.2 Å². The normalized spacial score (nSPS) is 36.8. The van der Waals surface area contributed by atoms with Gasteiger partial charge in [-0.3, -0.25) is 4.90 Å². The van der Waals surface area contributed by atoms with E-state index in [-0.39, 0.29) is 0 Å². The van der Waals surface area contributed by atoms with Crippen LogP contribution in [0.3, 0.4) is 0 Å². The summed E-state index contributed by atoms with van der Waals surface area (Å²) in [6.45, 7) is 11.6. The van der Waals surface area contributed by atoms with Crippen molar-refractivity contribution < 1.29 is 9.47 Å². The molecule has 4 nitrogen and oxygen atoms in total. The summed E-state index contributed by atoms with van der Waals surface area (Å²) < 4.78 is 11.8. The second-order valence-corrected chi connectivity index (χ2v) is 8.25. The van der Waals surface area contributed by atoms with Gasteiger partial charge in [-0.1, -0.05) is 0 Å². The molecule has 0 amide bonds. The van der Waals surface area contributed by atoms with Crippen molar-refractivity contribution >= 4 is 0 Å². The molecule has 0 aromatic carbocycles. The maximum atomic E-state index is 5.92. The van der Waals surface area contributed by atoms with E-state index in [4.69, 9.17) is 9.47 Å². The van der Waals surface area contributed by atoms with Gasteiger partial charge in [0.15, 0.2) is 0 Å². The average molecular weight is 339 g/mol. The number of hydrogen-bond donors (Lipinski definition) is 0. The molecule has 0 aromatic rings. The molecule has 3 rings (SSSR count). The minimum absolute atomic E-state index is 0.514. The van der Waals surface area contributed by atoms with Gasteiger partial charge in [-0.2, -0.15) is 0 Å². The summed E-state index contributed by atoms with van der Waals surface area (Å²) in [5.41, 5.74) is 0. The van der Waals surface area contributed by atoms with Crippen molar-refractivity contribution in [3.63, 3.8) is 0 Å². The Hall–Kier alpha value is -0.160. The van der Waals surface area contributed by atoms with E-state index < -0.39 is 0 Å². The highest BCUT2D eigenvalue weighted by atomic mass is 16.5. The molecule has 0 radical (unpaired) electrons. The Morgan fingerprint density at radius 2 is 1.29 bits per heavy atom. The van der Waals surface area contributed by atoms with Gasteiger partial charge in [-0.05, 0) is 65.2 Å². The van der Waals surface area contributed by atoms with E-state index >= 15 is 0 Å². The zero-order valence-corrected chi connectivity index (χ0v) is 15.9. The molecule has 4 unspecified atom stereocenters. The Morgan fingerprint density at radius 3 is 1.79 bits per heavy atom. The van der Waals surface area contributed by atoms with Crippen molar-refractivity contribution in [3.8, 4) is 0 Å². The molecule has 0 bridgehead atoms. The lowest BCUT2D eigenvalue weighted by molar-refractivity contribution is -0.0212. The van der Waals surface area contributed by atoms with Gasteiger partial charge in [0, 0.05) is 51.5 Å². The van der Waals surface area contributed by atoms with Crippen LogP contribution in [0, 0.1) is 0 Å². The smallest absolute Gasteiger partial charge is 0.0587 e. The van der Waals surface area contributed by atoms with E-state index in [9.17, 15) is 0 Å². The van der Waals surface area contributed by atoms with Crippen LogP contribution in [-0.4, -0.2) is 73.5 Å². The third kappa shape index (κ3) is 5.42. The van der Waals surface area contributed by atoms with Crippen LogP contribution in [0.5, 0.6) is 0 Å². The highest BCUT2D eigenvalue weighted by molar-refractivity contribution is 4.86. The van der Waals surface area contributed by atoms with E-state index in [0.29, 0.717) is 24.3 Å². The molecule has 4 atom stereocenters. The SMILES string of the molecule is CC1CN(CCC2CCCCO2)CC(C)N1CCC1CCCCO1. The Labute approximate surface area is 148 Å². The van der Waals surface area contributed by atoms with Crippen LogP contribution >= 0.6 is 0 Å². The van der Waals surface area contributed by atoms with Gasteiger partial charge >= 0.3 is 0 Å². The van der Waals surface area contributed by atoms with Crippen molar-refractivity contribution in [2.24, 2.45) is 0 Å². The quantitative estimate of drug-likeness (QED) is 0.742. The molecule has 3 saturated heterocycles. The Balaban J connectivity index is 1.38. The first-order valence-corrected chi connectivity index (χ1v) is 10.4. The monoisotopic (exact) mass is 338 g/mol. The first-order chi connectivity index (χ1) is 11.7. The zero-order valence-electron chi connectivity index (χ0n) is 15.9. The van der Waals surface area contributed by atoms with Gasteiger partial charge in [-0.15, -0.1) is 0 Å². The molecule has 24 heavy (non-hydrogen) atoms. The van der Waals surface area contributed by atoms with Gasteiger partial charge in [0.1, 0.15) is 0 Å². The summed E-state index contributed by atoms with van der Waals surface area (Å²) in [5.74, 6) is 0. The van der Waals surface area contributed by atoms with Crippen LogP contribution in [0.25, 0.3) is 0 Å². The summed E-state index contributed by atoms with van der Waals surface area (Å²) in [5, 5.41) is 0. The fraction of sp³-hybridized carbons (Fsp3) is 1.00. The lowest BCUT2D eigenvalue weighted by atomic mass is 10.0. The van der Waals surface area contributed by atoms with Gasteiger partial charge in [0.25, 0.3) is 0 Å². The molecule has 0 aromatic heterocycles. The van der Waals surface area contributed by atoms with Crippen molar-refractivity contribution in [3.05, 3.63) is 0 Å². The second kappa shape index (κ2) is 9.51. The molecular weight excluding hydrogens is 300 g/mol. The van der Waals surface area contributed by atoms with E-state index in [1.807, 2.05) is 0 Å². The molecule has 3 aliphatic rings. The predicted octanol–water partition coefficient (Wildman–Crippen LogP) is 3.30. The largest absolute Gasteiger partial charge is 0.378 e. The predicted molar refractivity (Wildman–Crippen MR) is 98.5 cm³/mol. The molecule has 0 N–H and O–H groups in total. The summed E-state index contributed by atoms with van der Waals surface area (Å²) in [6.07, 6.45) is 11.2. The molecular formula is C20H38N2O2. The lowest BCUT2D eigenvalue weighted by Gasteiger charge is -2.45. The van der Waals surface area contributed by atoms with Crippen molar-refractivity contribution in [1.29, 1.82) is 0 Å². The third-order valence-electron chi connectivity index (χ3n) is 6.20. The molecule has 140 valence electrons. The van der Waals surface area contributed by atoms with Gasteiger partial charge in [0.05, 0.1) is 12.2 Å². The van der Waals surface area contributed by atoms with Gasteiger partial charge < -0.3 is 14.4 Å². The van der Waals surface area contributed by atoms with Crippen LogP contribution in [0.15, 0.2) is 0 Å². The summed E-state index contributed by atoms with van der Waals surface area (Å²) >= 11 is 0. The molecule has 3 heterocycles. The minimum Gasteiger partial charge on any atom is -0.378 e. The molecule has 3 aliphatic heterocycles. The maximum absolute atomic E-state index is 5.92.